The van der Waals surface area contributed by atoms with Crippen LogP contribution < -0.4 is 10.1 Å². The molecule has 27 heavy (non-hydrogen) atoms. The summed E-state index contributed by atoms with van der Waals surface area (Å²) in [6.45, 7) is 3.98. The van der Waals surface area contributed by atoms with E-state index in [1.165, 1.54) is 0 Å². The maximum atomic E-state index is 12.7. The first-order valence-corrected chi connectivity index (χ1v) is 9.32. The van der Waals surface area contributed by atoms with Crippen molar-refractivity contribution in [1.29, 1.82) is 0 Å². The first kappa shape index (κ1) is 19.1. The van der Waals surface area contributed by atoms with E-state index < -0.39 is 6.04 Å². The van der Waals surface area contributed by atoms with Gasteiger partial charge in [-0.2, -0.15) is 4.98 Å². The largest absolute Gasteiger partial charge is 0.497 e. The molecule has 1 aromatic heterocycles. The number of aromatic nitrogens is 2. The van der Waals surface area contributed by atoms with Gasteiger partial charge in [0.05, 0.1) is 12.7 Å². The van der Waals surface area contributed by atoms with Crippen molar-refractivity contribution in [3.05, 3.63) is 64.5 Å². The normalized spacial score (nSPS) is 12.0. The quantitative estimate of drug-likeness (QED) is 0.617. The van der Waals surface area contributed by atoms with Crippen LogP contribution in [0.5, 0.6) is 5.75 Å². The topological polar surface area (TPSA) is 77.3 Å². The molecule has 140 valence electrons. The Morgan fingerprint density at radius 1 is 1.15 bits per heavy atom. The molecule has 0 aliphatic carbocycles. The lowest BCUT2D eigenvalue weighted by Gasteiger charge is -2.18. The van der Waals surface area contributed by atoms with Crippen LogP contribution in [-0.2, 0) is 0 Å². The SMILES string of the molecule is COc1ccc(-c2noc([C@H](NC(=O)c3ccccc3Br)C(C)C)n2)cc1. The fourth-order valence-corrected chi connectivity index (χ4v) is 3.06. The molecule has 1 amide bonds. The zero-order valence-corrected chi connectivity index (χ0v) is 16.9. The van der Waals surface area contributed by atoms with Crippen LogP contribution in [0.25, 0.3) is 11.4 Å². The number of nitrogens with one attached hydrogen (secondary N) is 1. The molecule has 0 saturated heterocycles. The number of carbonyl (C=O) groups excluding carboxylic acids is 1. The Kier molecular flexibility index (Phi) is 5.91. The van der Waals surface area contributed by atoms with Crippen LogP contribution in [0, 0.1) is 5.92 Å². The Morgan fingerprint density at radius 3 is 2.48 bits per heavy atom. The molecule has 1 atom stereocenters. The number of nitrogens with zero attached hydrogens (tertiary/aromatic N) is 2. The van der Waals surface area contributed by atoms with Gasteiger partial charge in [-0.1, -0.05) is 31.1 Å². The average Bonchev–Trinajstić information content (AvgIpc) is 3.16. The number of carbonyl (C=O) groups is 1. The minimum atomic E-state index is -0.399. The summed E-state index contributed by atoms with van der Waals surface area (Å²) in [4.78, 5) is 17.1. The zero-order valence-electron chi connectivity index (χ0n) is 15.3. The number of ether oxygens (including phenoxy) is 1. The molecule has 0 unspecified atom stereocenters. The molecular weight excluding hydrogens is 410 g/mol. The molecule has 2 aromatic carbocycles. The number of rotatable bonds is 6. The fraction of sp³-hybridized carbons (Fsp3) is 0.250. The highest BCUT2D eigenvalue weighted by Gasteiger charge is 2.26. The summed E-state index contributed by atoms with van der Waals surface area (Å²) in [5.74, 6) is 1.46. The third kappa shape index (κ3) is 4.36. The van der Waals surface area contributed by atoms with Gasteiger partial charge in [0, 0.05) is 10.0 Å². The molecule has 0 fully saturated rings. The van der Waals surface area contributed by atoms with Crippen molar-refractivity contribution >= 4 is 21.8 Å². The Labute approximate surface area is 166 Å². The first-order chi connectivity index (χ1) is 13.0. The lowest BCUT2D eigenvalue weighted by Crippen LogP contribution is -2.32. The maximum absolute atomic E-state index is 12.7. The first-order valence-electron chi connectivity index (χ1n) is 8.53. The highest BCUT2D eigenvalue weighted by Crippen LogP contribution is 2.26. The van der Waals surface area contributed by atoms with Crippen molar-refractivity contribution in [3.63, 3.8) is 0 Å². The number of methoxy groups -OCH3 is 1. The lowest BCUT2D eigenvalue weighted by atomic mass is 10.0. The molecule has 6 nitrogen and oxygen atoms in total. The van der Waals surface area contributed by atoms with Crippen molar-refractivity contribution in [2.75, 3.05) is 7.11 Å². The van der Waals surface area contributed by atoms with E-state index in [4.69, 9.17) is 9.26 Å². The van der Waals surface area contributed by atoms with E-state index in [2.05, 4.69) is 31.4 Å². The lowest BCUT2D eigenvalue weighted by molar-refractivity contribution is 0.0913. The molecule has 0 radical (unpaired) electrons. The predicted molar refractivity (Wildman–Crippen MR) is 105 cm³/mol. The molecule has 0 bridgehead atoms. The molecule has 1 heterocycles. The maximum Gasteiger partial charge on any atom is 0.253 e. The second kappa shape index (κ2) is 8.35. The summed E-state index contributed by atoms with van der Waals surface area (Å²) in [6.07, 6.45) is 0. The summed E-state index contributed by atoms with van der Waals surface area (Å²) >= 11 is 3.40. The summed E-state index contributed by atoms with van der Waals surface area (Å²) in [6, 6.07) is 14.2. The second-order valence-electron chi connectivity index (χ2n) is 6.36. The van der Waals surface area contributed by atoms with Crippen molar-refractivity contribution in [2.24, 2.45) is 5.92 Å². The van der Waals surface area contributed by atoms with Gasteiger partial charge < -0.3 is 14.6 Å². The van der Waals surface area contributed by atoms with Crippen LogP contribution in [-0.4, -0.2) is 23.2 Å². The van der Waals surface area contributed by atoms with Gasteiger partial charge in [-0.25, -0.2) is 0 Å². The minimum Gasteiger partial charge on any atom is -0.497 e. The molecule has 3 rings (SSSR count). The average molecular weight is 430 g/mol. The van der Waals surface area contributed by atoms with E-state index in [1.54, 1.807) is 13.2 Å². The number of halogens is 1. The molecule has 0 saturated carbocycles. The number of hydrogen-bond acceptors (Lipinski definition) is 5. The summed E-state index contributed by atoms with van der Waals surface area (Å²) in [5, 5.41) is 7.04. The van der Waals surface area contributed by atoms with Crippen LogP contribution in [0.15, 0.2) is 57.5 Å². The van der Waals surface area contributed by atoms with Crippen LogP contribution in [0.4, 0.5) is 0 Å². The van der Waals surface area contributed by atoms with Gasteiger partial charge in [0.2, 0.25) is 11.7 Å². The van der Waals surface area contributed by atoms with Crippen molar-refractivity contribution in [2.45, 2.75) is 19.9 Å². The predicted octanol–water partition coefficient (Wildman–Crippen LogP) is 4.63. The van der Waals surface area contributed by atoms with Crippen molar-refractivity contribution < 1.29 is 14.1 Å². The Balaban J connectivity index is 1.82. The van der Waals surface area contributed by atoms with Gasteiger partial charge in [-0.3, -0.25) is 4.79 Å². The van der Waals surface area contributed by atoms with E-state index in [0.717, 1.165) is 15.8 Å². The molecule has 3 aromatic rings. The van der Waals surface area contributed by atoms with E-state index >= 15 is 0 Å². The van der Waals surface area contributed by atoms with Gasteiger partial charge >= 0.3 is 0 Å². The fourth-order valence-electron chi connectivity index (χ4n) is 2.60. The van der Waals surface area contributed by atoms with Gasteiger partial charge in [-0.05, 0) is 58.2 Å². The second-order valence-corrected chi connectivity index (χ2v) is 7.21. The number of amides is 1. The minimum absolute atomic E-state index is 0.0700. The van der Waals surface area contributed by atoms with Crippen LogP contribution in [0.3, 0.4) is 0 Å². The zero-order chi connectivity index (χ0) is 19.4. The summed E-state index contributed by atoms with van der Waals surface area (Å²) in [7, 11) is 1.61. The van der Waals surface area contributed by atoms with Crippen LogP contribution >= 0.6 is 15.9 Å². The molecule has 0 spiro atoms. The molecule has 0 aliphatic heterocycles. The molecule has 7 heteroatoms. The third-order valence-corrected chi connectivity index (χ3v) is 4.82. The highest BCUT2D eigenvalue weighted by molar-refractivity contribution is 9.10. The Bertz CT molecular complexity index is 922. The van der Waals surface area contributed by atoms with Gasteiger partial charge in [0.15, 0.2) is 0 Å². The number of benzene rings is 2. The Hall–Kier alpha value is -2.67. The highest BCUT2D eigenvalue weighted by atomic mass is 79.9. The standard InChI is InChI=1S/C20H20BrN3O3/c1-12(2)17(22-19(25)15-6-4-5-7-16(15)21)20-23-18(24-27-20)13-8-10-14(26-3)11-9-13/h4-12,17H,1-3H3,(H,22,25)/t17-/m1/s1. The van der Waals surface area contributed by atoms with Gasteiger partial charge in [-0.15, -0.1) is 0 Å². The van der Waals surface area contributed by atoms with Crippen LogP contribution in [0.2, 0.25) is 0 Å². The van der Waals surface area contributed by atoms with E-state index in [1.807, 2.05) is 56.3 Å². The summed E-state index contributed by atoms with van der Waals surface area (Å²) in [5.41, 5.74) is 1.36. The van der Waals surface area contributed by atoms with Gasteiger partial charge in [0.1, 0.15) is 11.8 Å². The van der Waals surface area contributed by atoms with E-state index in [-0.39, 0.29) is 11.8 Å². The van der Waals surface area contributed by atoms with E-state index in [9.17, 15) is 4.79 Å². The molecule has 0 aliphatic rings. The smallest absolute Gasteiger partial charge is 0.253 e. The Morgan fingerprint density at radius 2 is 1.85 bits per heavy atom. The monoisotopic (exact) mass is 429 g/mol. The molecule has 1 N–H and O–H groups in total. The van der Waals surface area contributed by atoms with Crippen LogP contribution in [0.1, 0.15) is 36.1 Å². The van der Waals surface area contributed by atoms with Crippen molar-refractivity contribution in [3.8, 4) is 17.1 Å². The summed E-state index contributed by atoms with van der Waals surface area (Å²) < 4.78 is 11.3. The number of hydrogen-bond donors (Lipinski definition) is 1. The van der Waals surface area contributed by atoms with Gasteiger partial charge in [0.25, 0.3) is 5.91 Å². The van der Waals surface area contributed by atoms with Crippen molar-refractivity contribution in [1.82, 2.24) is 15.5 Å². The molecular formula is C20H20BrN3O3. The van der Waals surface area contributed by atoms with E-state index in [0.29, 0.717) is 17.3 Å². The third-order valence-electron chi connectivity index (χ3n) is 4.13.